The zero-order chi connectivity index (χ0) is 14.6. The lowest BCUT2D eigenvalue weighted by Crippen LogP contribution is -2.50. The van der Waals surface area contributed by atoms with E-state index in [1.807, 2.05) is 24.3 Å². The highest BCUT2D eigenvalue weighted by Crippen LogP contribution is 2.33. The molecule has 1 N–H and O–H groups in total. The van der Waals surface area contributed by atoms with Crippen LogP contribution in [-0.2, 0) is 0 Å². The Labute approximate surface area is 122 Å². The molecule has 0 amide bonds. The fourth-order valence-corrected chi connectivity index (χ4v) is 3.12. The van der Waals surface area contributed by atoms with Crippen molar-refractivity contribution in [2.45, 2.75) is 44.2 Å². The minimum Gasteiger partial charge on any atom is -0.308 e. The maximum Gasteiger partial charge on any atom is 0.0991 e. The minimum atomic E-state index is 0.320. The molecule has 0 radical (unpaired) electrons. The first-order valence-corrected chi connectivity index (χ1v) is 7.48. The fraction of sp³-hybridized carbons (Fsp3) is 0.588. The molecular formula is C17H25N3. The van der Waals surface area contributed by atoms with Crippen LogP contribution in [0, 0.1) is 11.3 Å². The van der Waals surface area contributed by atoms with Crippen LogP contribution >= 0.6 is 0 Å². The van der Waals surface area contributed by atoms with Crippen molar-refractivity contribution in [2.75, 3.05) is 20.6 Å². The number of hydrogen-bond acceptors (Lipinski definition) is 3. The molecule has 1 unspecified atom stereocenters. The molecule has 0 aliphatic heterocycles. The van der Waals surface area contributed by atoms with Gasteiger partial charge in [-0.15, -0.1) is 0 Å². The van der Waals surface area contributed by atoms with E-state index in [1.165, 1.54) is 31.2 Å². The zero-order valence-corrected chi connectivity index (χ0v) is 12.8. The highest BCUT2D eigenvalue weighted by atomic mass is 15.2. The van der Waals surface area contributed by atoms with Gasteiger partial charge in [-0.25, -0.2) is 0 Å². The second-order valence-corrected chi connectivity index (χ2v) is 6.16. The van der Waals surface area contributed by atoms with Gasteiger partial charge in [0.1, 0.15) is 0 Å². The summed E-state index contributed by atoms with van der Waals surface area (Å²) < 4.78 is 0. The Kier molecular flexibility index (Phi) is 4.80. The number of likely N-dealkylation sites (N-methyl/N-ethyl adjacent to an activating group) is 1. The monoisotopic (exact) mass is 271 g/mol. The fourth-order valence-electron chi connectivity index (χ4n) is 3.12. The van der Waals surface area contributed by atoms with E-state index in [1.54, 1.807) is 0 Å². The average molecular weight is 271 g/mol. The van der Waals surface area contributed by atoms with Crippen LogP contribution in [0.4, 0.5) is 0 Å². The number of hydrogen-bond donors (Lipinski definition) is 1. The molecule has 1 fully saturated rings. The maximum atomic E-state index is 8.84. The van der Waals surface area contributed by atoms with Crippen molar-refractivity contribution < 1.29 is 0 Å². The summed E-state index contributed by atoms with van der Waals surface area (Å²) in [5.74, 6) is 0. The lowest BCUT2D eigenvalue weighted by atomic mass is 9.95. The van der Waals surface area contributed by atoms with Gasteiger partial charge in [-0.1, -0.05) is 25.0 Å². The molecule has 0 bridgehead atoms. The maximum absolute atomic E-state index is 8.84. The largest absolute Gasteiger partial charge is 0.308 e. The van der Waals surface area contributed by atoms with Gasteiger partial charge in [-0.2, -0.15) is 5.26 Å². The summed E-state index contributed by atoms with van der Waals surface area (Å²) in [5, 5.41) is 12.5. The molecule has 1 saturated carbocycles. The molecule has 0 saturated heterocycles. The molecule has 1 atom stereocenters. The van der Waals surface area contributed by atoms with Crippen LogP contribution in [0.2, 0.25) is 0 Å². The summed E-state index contributed by atoms with van der Waals surface area (Å²) in [6, 6.07) is 10.4. The van der Waals surface area contributed by atoms with Crippen molar-refractivity contribution in [3.05, 3.63) is 35.4 Å². The minimum absolute atomic E-state index is 0.320. The highest BCUT2D eigenvalue weighted by molar-refractivity contribution is 5.32. The van der Waals surface area contributed by atoms with E-state index in [0.29, 0.717) is 11.6 Å². The first kappa shape index (κ1) is 15.0. The highest BCUT2D eigenvalue weighted by Gasteiger charge is 2.35. The summed E-state index contributed by atoms with van der Waals surface area (Å²) in [4.78, 5) is 2.39. The summed E-state index contributed by atoms with van der Waals surface area (Å²) in [5.41, 5.74) is 2.29. The number of nitrogens with zero attached hydrogens (tertiary/aromatic N) is 2. The molecular weight excluding hydrogens is 246 g/mol. The number of rotatable bonds is 5. The molecule has 0 aromatic heterocycles. The van der Waals surface area contributed by atoms with E-state index in [9.17, 15) is 0 Å². The van der Waals surface area contributed by atoms with Crippen LogP contribution in [0.3, 0.4) is 0 Å². The molecule has 1 aromatic rings. The summed E-state index contributed by atoms with van der Waals surface area (Å²) >= 11 is 0. The number of nitriles is 1. The van der Waals surface area contributed by atoms with Gasteiger partial charge in [0, 0.05) is 18.1 Å². The van der Waals surface area contributed by atoms with E-state index in [-0.39, 0.29) is 0 Å². The van der Waals surface area contributed by atoms with E-state index in [2.05, 4.69) is 37.3 Å². The SMILES string of the molecule is CC(NCC1(N(C)C)CCCC1)c1ccc(C#N)cc1. The van der Waals surface area contributed by atoms with Crippen LogP contribution in [0.1, 0.15) is 49.8 Å². The second-order valence-electron chi connectivity index (χ2n) is 6.16. The molecule has 1 aliphatic rings. The Morgan fingerprint density at radius 2 is 1.85 bits per heavy atom. The van der Waals surface area contributed by atoms with Gasteiger partial charge in [0.15, 0.2) is 0 Å². The van der Waals surface area contributed by atoms with Crippen LogP contribution in [0.5, 0.6) is 0 Å². The number of benzene rings is 1. The predicted molar refractivity (Wildman–Crippen MR) is 82.5 cm³/mol. The smallest absolute Gasteiger partial charge is 0.0991 e. The first-order chi connectivity index (χ1) is 9.57. The standard InChI is InChI=1S/C17H25N3/c1-14(16-8-6-15(12-18)7-9-16)19-13-17(20(2)3)10-4-5-11-17/h6-9,14,19H,4-5,10-11,13H2,1-3H3. The molecule has 1 aromatic carbocycles. The molecule has 2 rings (SSSR count). The molecule has 0 spiro atoms. The van der Waals surface area contributed by atoms with Gasteiger partial charge in [-0.05, 0) is 51.6 Å². The molecule has 20 heavy (non-hydrogen) atoms. The average Bonchev–Trinajstić information content (AvgIpc) is 2.95. The topological polar surface area (TPSA) is 39.1 Å². The third-order valence-electron chi connectivity index (χ3n) is 4.76. The van der Waals surface area contributed by atoms with E-state index >= 15 is 0 Å². The lowest BCUT2D eigenvalue weighted by Gasteiger charge is -2.37. The summed E-state index contributed by atoms with van der Waals surface area (Å²) in [6.07, 6.45) is 5.25. The van der Waals surface area contributed by atoms with Crippen molar-refractivity contribution in [1.29, 1.82) is 5.26 Å². The zero-order valence-electron chi connectivity index (χ0n) is 12.8. The molecule has 3 heteroatoms. The van der Waals surface area contributed by atoms with Crippen LogP contribution in [0.15, 0.2) is 24.3 Å². The van der Waals surface area contributed by atoms with Crippen molar-refractivity contribution in [3.8, 4) is 6.07 Å². The van der Waals surface area contributed by atoms with Crippen molar-refractivity contribution in [3.63, 3.8) is 0 Å². The third kappa shape index (κ3) is 3.20. The van der Waals surface area contributed by atoms with Gasteiger partial charge in [0.25, 0.3) is 0 Å². The predicted octanol–water partition coefficient (Wildman–Crippen LogP) is 3.08. The van der Waals surface area contributed by atoms with Crippen molar-refractivity contribution in [2.24, 2.45) is 0 Å². The van der Waals surface area contributed by atoms with Gasteiger partial charge < -0.3 is 10.2 Å². The summed E-state index contributed by atoms with van der Waals surface area (Å²) in [6.45, 7) is 3.22. The van der Waals surface area contributed by atoms with Gasteiger partial charge in [-0.3, -0.25) is 0 Å². The normalized spacial score (nSPS) is 18.9. The van der Waals surface area contributed by atoms with Crippen LogP contribution in [-0.4, -0.2) is 31.1 Å². The van der Waals surface area contributed by atoms with Gasteiger partial charge >= 0.3 is 0 Å². The Bertz CT molecular complexity index is 464. The number of nitrogens with one attached hydrogen (secondary N) is 1. The quantitative estimate of drug-likeness (QED) is 0.894. The van der Waals surface area contributed by atoms with Crippen molar-refractivity contribution in [1.82, 2.24) is 10.2 Å². The van der Waals surface area contributed by atoms with E-state index < -0.39 is 0 Å². The lowest BCUT2D eigenvalue weighted by molar-refractivity contribution is 0.150. The Morgan fingerprint density at radius 1 is 1.25 bits per heavy atom. The van der Waals surface area contributed by atoms with Crippen LogP contribution < -0.4 is 5.32 Å². The molecule has 1 aliphatic carbocycles. The van der Waals surface area contributed by atoms with E-state index in [0.717, 1.165) is 12.1 Å². The van der Waals surface area contributed by atoms with Gasteiger partial charge in [0.2, 0.25) is 0 Å². The van der Waals surface area contributed by atoms with Crippen LogP contribution in [0.25, 0.3) is 0 Å². The first-order valence-electron chi connectivity index (χ1n) is 7.48. The molecule has 0 heterocycles. The summed E-state index contributed by atoms with van der Waals surface area (Å²) in [7, 11) is 4.39. The molecule has 3 nitrogen and oxygen atoms in total. The van der Waals surface area contributed by atoms with E-state index in [4.69, 9.17) is 5.26 Å². The van der Waals surface area contributed by atoms with Crippen molar-refractivity contribution >= 4 is 0 Å². The molecule has 108 valence electrons. The third-order valence-corrected chi connectivity index (χ3v) is 4.76. The Balaban J connectivity index is 1.97. The Morgan fingerprint density at radius 3 is 2.35 bits per heavy atom. The Hall–Kier alpha value is -1.37. The second kappa shape index (κ2) is 6.39. The van der Waals surface area contributed by atoms with Gasteiger partial charge in [0.05, 0.1) is 11.6 Å².